The van der Waals surface area contributed by atoms with E-state index in [1.807, 2.05) is 0 Å². The fourth-order valence-electron chi connectivity index (χ4n) is 6.46. The summed E-state index contributed by atoms with van der Waals surface area (Å²) in [5, 5.41) is 9.48. The summed E-state index contributed by atoms with van der Waals surface area (Å²) >= 11 is 0. The summed E-state index contributed by atoms with van der Waals surface area (Å²) in [6.07, 6.45) is 15.3. The summed E-state index contributed by atoms with van der Waals surface area (Å²) in [4.78, 5) is 4.46. The lowest BCUT2D eigenvalue weighted by Crippen LogP contribution is -2.28. The van der Waals surface area contributed by atoms with Crippen LogP contribution < -0.4 is 16.4 Å². The molecule has 0 radical (unpaired) electrons. The van der Waals surface area contributed by atoms with Crippen molar-refractivity contribution >= 4 is 22.7 Å². The average molecular weight is 521 g/mol. The van der Waals surface area contributed by atoms with E-state index in [2.05, 4.69) is 97.3 Å². The molecule has 1 saturated heterocycles. The quantitative estimate of drug-likeness (QED) is 0.283. The Bertz CT molecular complexity index is 1350. The van der Waals surface area contributed by atoms with Crippen molar-refractivity contribution in [3.63, 3.8) is 0 Å². The molecular weight excluding hydrogens is 476 g/mol. The smallest absolute Gasteiger partial charge is 0.135 e. The van der Waals surface area contributed by atoms with Gasteiger partial charge in [-0.1, -0.05) is 62.1 Å². The van der Waals surface area contributed by atoms with Crippen LogP contribution in [0.3, 0.4) is 0 Å². The minimum atomic E-state index is 0.295. The van der Waals surface area contributed by atoms with E-state index in [0.29, 0.717) is 17.7 Å². The van der Waals surface area contributed by atoms with Gasteiger partial charge in [-0.15, -0.1) is 6.58 Å². The first-order chi connectivity index (χ1) is 19.0. The van der Waals surface area contributed by atoms with E-state index in [1.165, 1.54) is 47.6 Å². The number of benzene rings is 2. The fraction of sp³-hybridized carbons (Fsp3) is 0.400. The van der Waals surface area contributed by atoms with Crippen molar-refractivity contribution in [3.8, 4) is 0 Å². The van der Waals surface area contributed by atoms with Crippen molar-refractivity contribution in [2.45, 2.75) is 58.3 Å². The molecule has 1 saturated carbocycles. The summed E-state index contributed by atoms with van der Waals surface area (Å²) in [7, 11) is 0. The molecule has 3 unspecified atom stereocenters. The number of hydrogen-bond acceptors (Lipinski definition) is 4. The van der Waals surface area contributed by atoms with Crippen LogP contribution in [-0.4, -0.2) is 19.4 Å². The Morgan fingerprint density at radius 2 is 1.92 bits per heavy atom. The van der Waals surface area contributed by atoms with E-state index < -0.39 is 0 Å². The molecule has 204 valence electrons. The zero-order valence-corrected chi connectivity index (χ0v) is 23.7. The lowest BCUT2D eigenvalue weighted by molar-refractivity contribution is 0.351. The van der Waals surface area contributed by atoms with Gasteiger partial charge in [0.15, 0.2) is 0 Å². The standard InChI is InChI=1S/C35H44N4/c1-5-7-23(3)31(14-9-25-15-17-37-18-16-25)34-33(35(36)39-22-38-34)24(4)26-10-11-28-20-30(13-12-27(28)19-26)32-21-29(32)8-6-2/h5-7,10-13,19-20,22-23,25,29,32,37H,2,4,8-9,14-18,21,36H2,1,3H3,(H,38,39). The van der Waals surface area contributed by atoms with Crippen LogP contribution in [-0.2, 0) is 0 Å². The van der Waals surface area contributed by atoms with E-state index in [4.69, 9.17) is 5.73 Å². The third kappa shape index (κ3) is 6.12. The minimum Gasteiger partial charge on any atom is -0.383 e. The summed E-state index contributed by atoms with van der Waals surface area (Å²) in [6, 6.07) is 13.6. The number of hydrogen-bond donors (Lipinski definition) is 3. The van der Waals surface area contributed by atoms with Crippen molar-refractivity contribution in [1.82, 2.24) is 10.6 Å². The van der Waals surface area contributed by atoms with Gasteiger partial charge in [-0.3, -0.25) is 0 Å². The summed E-state index contributed by atoms with van der Waals surface area (Å²) < 4.78 is 0. The predicted molar refractivity (Wildman–Crippen MR) is 167 cm³/mol. The van der Waals surface area contributed by atoms with Gasteiger partial charge in [-0.25, -0.2) is 4.99 Å². The molecule has 2 aromatic carbocycles. The maximum atomic E-state index is 6.58. The van der Waals surface area contributed by atoms with Crippen molar-refractivity contribution < 1.29 is 0 Å². The van der Waals surface area contributed by atoms with Gasteiger partial charge in [-0.2, -0.15) is 0 Å². The van der Waals surface area contributed by atoms with Gasteiger partial charge in [0, 0.05) is 5.57 Å². The van der Waals surface area contributed by atoms with Gasteiger partial charge in [0.1, 0.15) is 5.82 Å². The molecule has 0 bridgehead atoms. The molecule has 4 heteroatoms. The van der Waals surface area contributed by atoms with Crippen LogP contribution in [0, 0.1) is 17.8 Å². The second-order valence-electron chi connectivity index (χ2n) is 11.5. The van der Waals surface area contributed by atoms with E-state index in [1.54, 1.807) is 6.34 Å². The van der Waals surface area contributed by atoms with Crippen LogP contribution in [0.15, 0.2) is 95.4 Å². The SMILES string of the molecule is C=CCC1CC1c1ccc2cc(C(=C)C3=C(N)N=CNC3=C(CCC3CCNCC3)C(C)C=CC)ccc2c1. The fourth-order valence-corrected chi connectivity index (χ4v) is 6.46. The number of fused-ring (bicyclic) bond motifs is 1. The third-order valence-electron chi connectivity index (χ3n) is 8.89. The zero-order valence-electron chi connectivity index (χ0n) is 23.7. The molecule has 0 aromatic heterocycles. The molecule has 2 heterocycles. The van der Waals surface area contributed by atoms with Crippen LogP contribution in [0.2, 0.25) is 0 Å². The molecule has 4 nitrogen and oxygen atoms in total. The number of aliphatic imine (C=N–C) groups is 1. The highest BCUT2D eigenvalue weighted by Crippen LogP contribution is 2.50. The van der Waals surface area contributed by atoms with E-state index in [0.717, 1.165) is 60.2 Å². The molecule has 1 aliphatic carbocycles. The highest BCUT2D eigenvalue weighted by Gasteiger charge is 2.36. The second-order valence-corrected chi connectivity index (χ2v) is 11.5. The van der Waals surface area contributed by atoms with Gasteiger partial charge >= 0.3 is 0 Å². The first-order valence-electron chi connectivity index (χ1n) is 14.7. The van der Waals surface area contributed by atoms with Gasteiger partial charge < -0.3 is 16.4 Å². The largest absolute Gasteiger partial charge is 0.383 e. The molecule has 3 atom stereocenters. The van der Waals surface area contributed by atoms with Crippen molar-refractivity contribution in [2.75, 3.05) is 13.1 Å². The highest BCUT2D eigenvalue weighted by atomic mass is 15.0. The van der Waals surface area contributed by atoms with Crippen LogP contribution in [0.25, 0.3) is 16.3 Å². The summed E-state index contributed by atoms with van der Waals surface area (Å²) in [5.41, 5.74) is 13.4. The first-order valence-corrected chi connectivity index (χ1v) is 14.7. The Morgan fingerprint density at radius 1 is 1.15 bits per heavy atom. The Labute approximate surface area is 234 Å². The van der Waals surface area contributed by atoms with Crippen molar-refractivity contribution in [3.05, 3.63) is 102 Å². The summed E-state index contributed by atoms with van der Waals surface area (Å²) in [6.45, 7) is 15.1. The molecular formula is C35H44N4. The summed E-state index contributed by atoms with van der Waals surface area (Å²) in [5.74, 6) is 3.01. The van der Waals surface area contributed by atoms with Crippen molar-refractivity contribution in [2.24, 2.45) is 28.5 Å². The van der Waals surface area contributed by atoms with Gasteiger partial charge in [0.2, 0.25) is 0 Å². The van der Waals surface area contributed by atoms with E-state index >= 15 is 0 Å². The molecule has 2 aromatic rings. The zero-order chi connectivity index (χ0) is 27.4. The number of piperidine rings is 1. The lowest BCUT2D eigenvalue weighted by atomic mass is 9.84. The normalized spacial score (nSPS) is 23.6. The van der Waals surface area contributed by atoms with Gasteiger partial charge in [0.05, 0.1) is 12.0 Å². The minimum absolute atomic E-state index is 0.295. The van der Waals surface area contributed by atoms with Crippen LogP contribution in [0.5, 0.6) is 0 Å². The third-order valence-corrected chi connectivity index (χ3v) is 8.89. The van der Waals surface area contributed by atoms with Gasteiger partial charge in [-0.05, 0) is 121 Å². The lowest BCUT2D eigenvalue weighted by Gasteiger charge is -2.28. The van der Waals surface area contributed by atoms with Crippen LogP contribution in [0.4, 0.5) is 0 Å². The Kier molecular flexibility index (Phi) is 8.52. The monoisotopic (exact) mass is 520 g/mol. The van der Waals surface area contributed by atoms with Crippen LogP contribution in [0.1, 0.15) is 69.4 Å². The number of nitrogens with two attached hydrogens (primary N) is 1. The second kappa shape index (κ2) is 12.2. The number of allylic oxidation sites excluding steroid dienone is 5. The maximum Gasteiger partial charge on any atom is 0.135 e. The van der Waals surface area contributed by atoms with Crippen LogP contribution >= 0.6 is 0 Å². The molecule has 0 amide bonds. The molecule has 3 aliphatic rings. The van der Waals surface area contributed by atoms with E-state index in [9.17, 15) is 0 Å². The molecule has 5 rings (SSSR count). The Morgan fingerprint density at radius 3 is 2.69 bits per heavy atom. The Hall–Kier alpha value is -3.37. The first kappa shape index (κ1) is 27.2. The molecule has 0 spiro atoms. The Balaban J connectivity index is 1.45. The molecule has 4 N–H and O–H groups in total. The topological polar surface area (TPSA) is 62.4 Å². The average Bonchev–Trinajstić information content (AvgIpc) is 3.72. The maximum absolute atomic E-state index is 6.58. The predicted octanol–water partition coefficient (Wildman–Crippen LogP) is 7.58. The highest BCUT2D eigenvalue weighted by molar-refractivity contribution is 5.92. The molecule has 39 heavy (non-hydrogen) atoms. The van der Waals surface area contributed by atoms with E-state index in [-0.39, 0.29) is 0 Å². The molecule has 2 fully saturated rings. The van der Waals surface area contributed by atoms with Gasteiger partial charge in [0.25, 0.3) is 0 Å². The molecule has 2 aliphatic heterocycles. The number of rotatable bonds is 10. The number of nitrogens with one attached hydrogen (secondary N) is 2. The van der Waals surface area contributed by atoms with Crippen molar-refractivity contribution in [1.29, 1.82) is 0 Å². The number of nitrogens with zero attached hydrogens (tertiary/aromatic N) is 1.